The van der Waals surface area contributed by atoms with Gasteiger partial charge >= 0.3 is 0 Å². The normalized spacial score (nSPS) is 16.8. The van der Waals surface area contributed by atoms with Crippen LogP contribution in [0.4, 0.5) is 5.82 Å². The maximum absolute atomic E-state index is 4.73. The molecule has 1 aromatic heterocycles. The highest BCUT2D eigenvalue weighted by molar-refractivity contribution is 5.75. The highest BCUT2D eigenvalue weighted by atomic mass is 15.2. The Balaban J connectivity index is 1.67. The number of para-hydroxylation sites is 2. The van der Waals surface area contributed by atoms with Crippen molar-refractivity contribution in [1.82, 2.24) is 15.3 Å². The number of hydrogen-bond donors (Lipinski definition) is 1. The molecule has 0 radical (unpaired) electrons. The van der Waals surface area contributed by atoms with Gasteiger partial charge in [0.05, 0.1) is 17.2 Å². The van der Waals surface area contributed by atoms with E-state index in [1.807, 2.05) is 30.5 Å². The van der Waals surface area contributed by atoms with Crippen molar-refractivity contribution in [1.29, 1.82) is 0 Å². The molecule has 4 nitrogen and oxygen atoms in total. The van der Waals surface area contributed by atoms with Crippen LogP contribution in [0.25, 0.3) is 11.0 Å². The number of aromatic nitrogens is 2. The summed E-state index contributed by atoms with van der Waals surface area (Å²) in [5.41, 5.74) is 1.96. The molecule has 1 aliphatic heterocycles. The molecule has 3 rings (SSSR count). The van der Waals surface area contributed by atoms with Crippen LogP contribution in [0.15, 0.2) is 30.5 Å². The van der Waals surface area contributed by atoms with Crippen LogP contribution >= 0.6 is 0 Å². The first-order valence-corrected chi connectivity index (χ1v) is 7.54. The molecule has 0 saturated carbocycles. The van der Waals surface area contributed by atoms with Gasteiger partial charge in [-0.25, -0.2) is 4.98 Å². The number of nitrogens with one attached hydrogen (secondary N) is 1. The first kappa shape index (κ1) is 13.3. The Morgan fingerprint density at radius 2 is 1.95 bits per heavy atom. The molecule has 0 amide bonds. The Labute approximate surface area is 120 Å². The van der Waals surface area contributed by atoms with Gasteiger partial charge in [0.15, 0.2) is 0 Å². The molecule has 1 aliphatic rings. The third kappa shape index (κ3) is 2.90. The minimum atomic E-state index is 0.805. The van der Waals surface area contributed by atoms with E-state index in [-0.39, 0.29) is 0 Å². The van der Waals surface area contributed by atoms with Crippen molar-refractivity contribution in [2.45, 2.75) is 19.8 Å². The van der Waals surface area contributed by atoms with E-state index in [1.165, 1.54) is 12.8 Å². The molecule has 0 atom stereocenters. The van der Waals surface area contributed by atoms with Crippen LogP contribution < -0.4 is 10.2 Å². The molecule has 0 bridgehead atoms. The molecule has 1 aromatic carbocycles. The maximum Gasteiger partial charge on any atom is 0.147 e. The van der Waals surface area contributed by atoms with Crippen LogP contribution in [-0.2, 0) is 0 Å². The molecule has 2 heterocycles. The molecule has 1 saturated heterocycles. The van der Waals surface area contributed by atoms with E-state index in [4.69, 9.17) is 4.98 Å². The number of piperidine rings is 1. The smallest absolute Gasteiger partial charge is 0.147 e. The molecule has 0 spiro atoms. The average molecular weight is 270 g/mol. The Morgan fingerprint density at radius 1 is 1.20 bits per heavy atom. The maximum atomic E-state index is 4.73. The third-order valence-corrected chi connectivity index (χ3v) is 4.06. The van der Waals surface area contributed by atoms with Gasteiger partial charge in [0, 0.05) is 13.1 Å². The lowest BCUT2D eigenvalue weighted by molar-refractivity contribution is 0.385. The van der Waals surface area contributed by atoms with E-state index in [0.29, 0.717) is 0 Å². The second-order valence-electron chi connectivity index (χ2n) is 5.46. The number of anilines is 1. The zero-order valence-corrected chi connectivity index (χ0v) is 12.0. The van der Waals surface area contributed by atoms with Crippen molar-refractivity contribution < 1.29 is 0 Å². The topological polar surface area (TPSA) is 41.0 Å². The van der Waals surface area contributed by atoms with Gasteiger partial charge in [0.2, 0.25) is 0 Å². The second-order valence-corrected chi connectivity index (χ2v) is 5.46. The first-order valence-electron chi connectivity index (χ1n) is 7.54. The van der Waals surface area contributed by atoms with Gasteiger partial charge in [0.25, 0.3) is 0 Å². The van der Waals surface area contributed by atoms with Gasteiger partial charge in [-0.05, 0) is 44.0 Å². The van der Waals surface area contributed by atoms with Crippen molar-refractivity contribution in [2.24, 2.45) is 5.92 Å². The quantitative estimate of drug-likeness (QED) is 0.926. The van der Waals surface area contributed by atoms with Gasteiger partial charge in [-0.1, -0.05) is 19.1 Å². The lowest BCUT2D eigenvalue weighted by Crippen LogP contribution is -2.37. The average Bonchev–Trinajstić information content (AvgIpc) is 2.53. The minimum Gasteiger partial charge on any atom is -0.355 e. The standard InChI is InChI=1S/C16H22N4/c1-2-17-11-13-7-9-20(10-8-13)16-12-18-14-5-3-4-6-15(14)19-16/h3-6,12-13,17H,2,7-11H2,1H3. The van der Waals surface area contributed by atoms with E-state index < -0.39 is 0 Å². The number of nitrogens with zero attached hydrogens (tertiary/aromatic N) is 3. The predicted octanol–water partition coefficient (Wildman–Crippen LogP) is 2.46. The van der Waals surface area contributed by atoms with Crippen molar-refractivity contribution in [2.75, 3.05) is 31.1 Å². The van der Waals surface area contributed by atoms with Crippen LogP contribution in [0.1, 0.15) is 19.8 Å². The monoisotopic (exact) mass is 270 g/mol. The zero-order chi connectivity index (χ0) is 13.8. The molecular formula is C16H22N4. The number of benzene rings is 1. The zero-order valence-electron chi connectivity index (χ0n) is 12.0. The van der Waals surface area contributed by atoms with E-state index >= 15 is 0 Å². The van der Waals surface area contributed by atoms with E-state index in [2.05, 4.69) is 22.1 Å². The molecule has 1 N–H and O–H groups in total. The van der Waals surface area contributed by atoms with Gasteiger partial charge < -0.3 is 10.2 Å². The molecule has 1 fully saturated rings. The van der Waals surface area contributed by atoms with E-state index in [1.54, 1.807) is 0 Å². The predicted molar refractivity (Wildman–Crippen MR) is 83.0 cm³/mol. The van der Waals surface area contributed by atoms with Gasteiger partial charge in [0.1, 0.15) is 5.82 Å². The third-order valence-electron chi connectivity index (χ3n) is 4.06. The van der Waals surface area contributed by atoms with Gasteiger partial charge in [-0.3, -0.25) is 4.98 Å². The van der Waals surface area contributed by atoms with Gasteiger partial charge in [-0.15, -0.1) is 0 Å². The van der Waals surface area contributed by atoms with Crippen molar-refractivity contribution in [3.63, 3.8) is 0 Å². The molecule has 0 aliphatic carbocycles. The summed E-state index contributed by atoms with van der Waals surface area (Å²) >= 11 is 0. The SMILES string of the molecule is CCNCC1CCN(c2cnc3ccccc3n2)CC1. The molecular weight excluding hydrogens is 248 g/mol. The Bertz CT molecular complexity index is 561. The minimum absolute atomic E-state index is 0.805. The van der Waals surface area contributed by atoms with E-state index in [0.717, 1.165) is 48.9 Å². The highest BCUT2D eigenvalue weighted by Gasteiger charge is 2.20. The molecule has 4 heteroatoms. The lowest BCUT2D eigenvalue weighted by atomic mass is 9.97. The number of rotatable bonds is 4. The summed E-state index contributed by atoms with van der Waals surface area (Å²) in [5, 5.41) is 3.45. The van der Waals surface area contributed by atoms with Crippen LogP contribution in [-0.4, -0.2) is 36.1 Å². The van der Waals surface area contributed by atoms with Crippen molar-refractivity contribution >= 4 is 16.9 Å². The van der Waals surface area contributed by atoms with Crippen LogP contribution in [0.5, 0.6) is 0 Å². The number of fused-ring (bicyclic) bond motifs is 1. The van der Waals surface area contributed by atoms with Crippen molar-refractivity contribution in [3.8, 4) is 0 Å². The van der Waals surface area contributed by atoms with Crippen LogP contribution in [0.3, 0.4) is 0 Å². The second kappa shape index (κ2) is 6.18. The van der Waals surface area contributed by atoms with Crippen molar-refractivity contribution in [3.05, 3.63) is 30.5 Å². The Kier molecular flexibility index (Phi) is 4.11. The molecule has 0 unspecified atom stereocenters. The summed E-state index contributed by atoms with van der Waals surface area (Å²) in [4.78, 5) is 11.6. The fourth-order valence-electron chi connectivity index (χ4n) is 2.81. The fourth-order valence-corrected chi connectivity index (χ4v) is 2.81. The summed E-state index contributed by atoms with van der Waals surface area (Å²) < 4.78 is 0. The van der Waals surface area contributed by atoms with Crippen LogP contribution in [0.2, 0.25) is 0 Å². The summed E-state index contributed by atoms with van der Waals surface area (Å²) in [5.74, 6) is 1.82. The van der Waals surface area contributed by atoms with Gasteiger partial charge in [-0.2, -0.15) is 0 Å². The summed E-state index contributed by atoms with van der Waals surface area (Å²) in [7, 11) is 0. The number of hydrogen-bond acceptors (Lipinski definition) is 4. The fraction of sp³-hybridized carbons (Fsp3) is 0.500. The summed E-state index contributed by atoms with van der Waals surface area (Å²) in [6.07, 6.45) is 4.38. The summed E-state index contributed by atoms with van der Waals surface area (Å²) in [6, 6.07) is 8.06. The molecule has 106 valence electrons. The largest absolute Gasteiger partial charge is 0.355 e. The summed E-state index contributed by atoms with van der Waals surface area (Å²) in [6.45, 7) is 6.55. The van der Waals surface area contributed by atoms with Crippen LogP contribution in [0, 0.1) is 5.92 Å². The molecule has 2 aromatic rings. The highest BCUT2D eigenvalue weighted by Crippen LogP contribution is 2.22. The van der Waals surface area contributed by atoms with E-state index in [9.17, 15) is 0 Å². The first-order chi connectivity index (χ1) is 9.86. The Hall–Kier alpha value is -1.68. The molecule has 20 heavy (non-hydrogen) atoms. The Morgan fingerprint density at radius 3 is 2.70 bits per heavy atom. The lowest BCUT2D eigenvalue weighted by Gasteiger charge is -2.32.